The number of hydrogen-bond acceptors (Lipinski definition) is 5. The van der Waals surface area contributed by atoms with Crippen molar-refractivity contribution in [1.82, 2.24) is 19.7 Å². The lowest BCUT2D eigenvalue weighted by Gasteiger charge is -2.38. The summed E-state index contributed by atoms with van der Waals surface area (Å²) in [6.07, 6.45) is 1.53. The predicted octanol–water partition coefficient (Wildman–Crippen LogP) is 2.92. The van der Waals surface area contributed by atoms with Crippen molar-refractivity contribution < 1.29 is 4.79 Å². The first-order valence-electron chi connectivity index (χ1n) is 10.2. The van der Waals surface area contributed by atoms with Gasteiger partial charge in [0.1, 0.15) is 12.4 Å². The van der Waals surface area contributed by atoms with E-state index in [1.807, 2.05) is 48.2 Å². The molecule has 152 valence electrons. The predicted molar refractivity (Wildman–Crippen MR) is 116 cm³/mol. The molecule has 1 aromatic heterocycles. The largest absolute Gasteiger partial charge is 0.368 e. The summed E-state index contributed by atoms with van der Waals surface area (Å²) >= 11 is 0. The molecule has 0 bridgehead atoms. The molecule has 1 amide bonds. The van der Waals surface area contributed by atoms with E-state index < -0.39 is 0 Å². The van der Waals surface area contributed by atoms with Crippen molar-refractivity contribution >= 4 is 17.5 Å². The molecular formula is C23H24N6O. The first kappa shape index (κ1) is 18.4. The van der Waals surface area contributed by atoms with Gasteiger partial charge in [-0.1, -0.05) is 48.5 Å². The van der Waals surface area contributed by atoms with E-state index in [1.165, 1.54) is 12.0 Å². The quantitative estimate of drug-likeness (QED) is 0.732. The normalized spacial score (nSPS) is 18.8. The third-order valence-electron chi connectivity index (χ3n) is 5.83. The number of rotatable bonds is 3. The topological polar surface area (TPSA) is 66.3 Å². The average Bonchev–Trinajstić information content (AvgIpc) is 3.27. The van der Waals surface area contributed by atoms with Crippen LogP contribution in [0.15, 0.2) is 78.3 Å². The van der Waals surface area contributed by atoms with E-state index in [9.17, 15) is 4.79 Å². The van der Waals surface area contributed by atoms with E-state index in [1.54, 1.807) is 4.68 Å². The van der Waals surface area contributed by atoms with Gasteiger partial charge >= 0.3 is 0 Å². The summed E-state index contributed by atoms with van der Waals surface area (Å²) in [6, 6.07) is 20.1. The summed E-state index contributed by atoms with van der Waals surface area (Å²) < 4.78 is 1.80. The van der Waals surface area contributed by atoms with E-state index in [2.05, 4.69) is 44.6 Å². The van der Waals surface area contributed by atoms with Gasteiger partial charge in [-0.3, -0.25) is 4.79 Å². The van der Waals surface area contributed by atoms with Crippen LogP contribution in [0.2, 0.25) is 0 Å². The molecule has 2 aliphatic rings. The number of nitrogens with one attached hydrogen (secondary N) is 1. The fraction of sp³-hybridized carbons (Fsp3) is 0.261. The van der Waals surface area contributed by atoms with Gasteiger partial charge in [-0.2, -0.15) is 10.1 Å². The smallest absolute Gasteiger partial charge is 0.254 e. The summed E-state index contributed by atoms with van der Waals surface area (Å²) in [5, 5.41) is 7.66. The van der Waals surface area contributed by atoms with Crippen LogP contribution >= 0.6 is 0 Å². The van der Waals surface area contributed by atoms with Gasteiger partial charge in [0.15, 0.2) is 0 Å². The molecular weight excluding hydrogens is 376 g/mol. The number of hydrogen-bond donors (Lipinski definition) is 1. The summed E-state index contributed by atoms with van der Waals surface area (Å²) in [5.41, 5.74) is 3.79. The summed E-state index contributed by atoms with van der Waals surface area (Å²) in [7, 11) is 0. The Kier molecular flexibility index (Phi) is 4.71. The molecule has 1 fully saturated rings. The van der Waals surface area contributed by atoms with Crippen LogP contribution in [0.4, 0.5) is 11.6 Å². The number of anilines is 2. The van der Waals surface area contributed by atoms with E-state index >= 15 is 0 Å². The van der Waals surface area contributed by atoms with E-state index in [0.29, 0.717) is 19.0 Å². The van der Waals surface area contributed by atoms with Crippen LogP contribution in [0.3, 0.4) is 0 Å². The van der Waals surface area contributed by atoms with Crippen molar-refractivity contribution in [2.75, 3.05) is 36.4 Å². The highest BCUT2D eigenvalue weighted by atomic mass is 16.2. The van der Waals surface area contributed by atoms with E-state index in [4.69, 9.17) is 0 Å². The number of fused-ring (bicyclic) bond motifs is 1. The second-order valence-electron chi connectivity index (χ2n) is 7.62. The number of aromatic nitrogens is 3. The van der Waals surface area contributed by atoms with Crippen LogP contribution in [0.1, 0.15) is 18.5 Å². The number of carbonyl (C=O) groups excluding carboxylic acids is 1. The minimum absolute atomic E-state index is 0.0581. The molecule has 7 nitrogen and oxygen atoms in total. The van der Waals surface area contributed by atoms with Gasteiger partial charge in [0.05, 0.1) is 5.57 Å². The maximum atomic E-state index is 13.7. The van der Waals surface area contributed by atoms with Gasteiger partial charge in [0, 0.05) is 37.6 Å². The number of carbonyl (C=O) groups is 1. The highest BCUT2D eigenvalue weighted by Gasteiger charge is 2.36. The zero-order valence-corrected chi connectivity index (χ0v) is 16.9. The Bertz CT molecular complexity index is 1070. The molecule has 30 heavy (non-hydrogen) atoms. The first-order valence-corrected chi connectivity index (χ1v) is 10.2. The molecule has 0 unspecified atom stereocenters. The highest BCUT2D eigenvalue weighted by molar-refractivity contribution is 5.97. The first-order chi connectivity index (χ1) is 14.7. The van der Waals surface area contributed by atoms with Crippen LogP contribution < -0.4 is 10.2 Å². The zero-order valence-electron chi connectivity index (χ0n) is 16.9. The third-order valence-corrected chi connectivity index (χ3v) is 5.83. The number of benzene rings is 2. The molecule has 0 spiro atoms. The summed E-state index contributed by atoms with van der Waals surface area (Å²) in [5.74, 6) is 0.717. The number of allylic oxidation sites excluding steroid dienone is 1. The molecule has 3 aromatic rings. The Morgan fingerprint density at radius 2 is 1.63 bits per heavy atom. The maximum Gasteiger partial charge on any atom is 0.254 e. The Morgan fingerprint density at radius 3 is 2.33 bits per heavy atom. The second-order valence-corrected chi connectivity index (χ2v) is 7.62. The highest BCUT2D eigenvalue weighted by Crippen LogP contribution is 2.35. The van der Waals surface area contributed by atoms with Crippen LogP contribution in [-0.2, 0) is 4.79 Å². The molecule has 5 rings (SSSR count). The van der Waals surface area contributed by atoms with Crippen molar-refractivity contribution in [1.29, 1.82) is 0 Å². The fourth-order valence-corrected chi connectivity index (χ4v) is 4.29. The minimum Gasteiger partial charge on any atom is -0.368 e. The zero-order chi connectivity index (χ0) is 20.5. The molecule has 7 heteroatoms. The molecule has 1 atom stereocenters. The average molecular weight is 400 g/mol. The lowest BCUT2D eigenvalue weighted by atomic mass is 9.94. The van der Waals surface area contributed by atoms with Crippen molar-refractivity contribution in [3.63, 3.8) is 0 Å². The van der Waals surface area contributed by atoms with Crippen LogP contribution in [0, 0.1) is 0 Å². The number of nitrogens with zero attached hydrogens (tertiary/aromatic N) is 5. The minimum atomic E-state index is -0.287. The van der Waals surface area contributed by atoms with Crippen molar-refractivity contribution in [2.24, 2.45) is 0 Å². The molecule has 2 aliphatic heterocycles. The Labute approximate surface area is 175 Å². The van der Waals surface area contributed by atoms with E-state index in [0.717, 1.165) is 29.9 Å². The van der Waals surface area contributed by atoms with Crippen molar-refractivity contribution in [2.45, 2.75) is 13.0 Å². The monoisotopic (exact) mass is 400 g/mol. The van der Waals surface area contributed by atoms with Crippen LogP contribution in [0.25, 0.3) is 0 Å². The van der Waals surface area contributed by atoms with Gasteiger partial charge in [-0.05, 0) is 24.6 Å². The maximum absolute atomic E-state index is 13.7. The van der Waals surface area contributed by atoms with Gasteiger partial charge < -0.3 is 15.1 Å². The second kappa shape index (κ2) is 7.67. The Morgan fingerprint density at radius 1 is 0.967 bits per heavy atom. The van der Waals surface area contributed by atoms with Gasteiger partial charge in [0.25, 0.3) is 5.91 Å². The van der Waals surface area contributed by atoms with Crippen LogP contribution in [-0.4, -0.2) is 51.8 Å². The molecule has 1 saturated heterocycles. The van der Waals surface area contributed by atoms with Gasteiger partial charge in [-0.25, -0.2) is 4.68 Å². The number of para-hydroxylation sites is 1. The lowest BCUT2D eigenvalue weighted by Crippen LogP contribution is -2.50. The van der Waals surface area contributed by atoms with Crippen molar-refractivity contribution in [3.05, 3.63) is 83.8 Å². The number of amides is 1. The summed E-state index contributed by atoms with van der Waals surface area (Å²) in [4.78, 5) is 22.3. The van der Waals surface area contributed by atoms with Crippen molar-refractivity contribution in [3.8, 4) is 0 Å². The molecule has 2 aromatic carbocycles. The van der Waals surface area contributed by atoms with Gasteiger partial charge in [-0.15, -0.1) is 0 Å². The Balaban J connectivity index is 1.41. The number of piperazine rings is 1. The van der Waals surface area contributed by atoms with E-state index in [-0.39, 0.29) is 11.9 Å². The third kappa shape index (κ3) is 3.22. The molecule has 0 radical (unpaired) electrons. The summed E-state index contributed by atoms with van der Waals surface area (Å²) in [6.45, 7) is 4.97. The lowest BCUT2D eigenvalue weighted by molar-refractivity contribution is -0.128. The van der Waals surface area contributed by atoms with Gasteiger partial charge in [0.2, 0.25) is 5.95 Å². The SMILES string of the molecule is CC1=C(C(=O)N2CCN(c3ccccc3)CC2)[C@@H](c2ccccc2)n2ncnc2N1. The Hall–Kier alpha value is -3.61. The molecule has 3 heterocycles. The molecule has 0 saturated carbocycles. The fourth-order valence-electron chi connectivity index (χ4n) is 4.29. The standard InChI is InChI=1S/C23H24N6O/c1-17-20(21(18-8-4-2-5-9-18)29-23(26-17)24-16-25-29)22(30)28-14-12-27(13-15-28)19-10-6-3-7-11-19/h2-11,16,21H,12-15H2,1H3,(H,24,25,26)/t21-/m1/s1. The molecule has 1 N–H and O–H groups in total. The molecule has 0 aliphatic carbocycles. The van der Waals surface area contributed by atoms with Crippen LogP contribution in [0.5, 0.6) is 0 Å².